The maximum Gasteiger partial charge on any atom is 0.488 e. The van der Waals surface area contributed by atoms with E-state index in [-0.39, 0.29) is 16.3 Å². The average molecular weight is 214 g/mol. The molecule has 1 aromatic carbocycles. The Hall–Kier alpha value is -1.18. The molecule has 14 heavy (non-hydrogen) atoms. The van der Waals surface area contributed by atoms with Gasteiger partial charge in [-0.25, -0.2) is 4.39 Å². The van der Waals surface area contributed by atoms with Gasteiger partial charge in [-0.2, -0.15) is 0 Å². The van der Waals surface area contributed by atoms with Crippen molar-refractivity contribution >= 4 is 35.6 Å². The second-order valence-corrected chi connectivity index (χ2v) is 3.08. The molecule has 7 heteroatoms. The van der Waals surface area contributed by atoms with E-state index in [4.69, 9.17) is 15.8 Å². The molecular weight excluding hydrogens is 206 g/mol. The summed E-state index contributed by atoms with van der Waals surface area (Å²) in [5.74, 6) is -0.602. The molecule has 0 atom stereocenters. The van der Waals surface area contributed by atoms with E-state index in [1.165, 1.54) is 6.07 Å². The fourth-order valence-electron chi connectivity index (χ4n) is 0.976. The number of hydrogen-bond donors (Lipinski definition) is 4. The Bertz CT molecular complexity index is 362. The minimum atomic E-state index is -1.72. The van der Waals surface area contributed by atoms with Gasteiger partial charge in [0, 0.05) is 5.69 Å². The molecule has 0 aromatic heterocycles. The normalized spacial score (nSPS) is 9.64. The van der Waals surface area contributed by atoms with Gasteiger partial charge in [-0.15, -0.1) is 0 Å². The zero-order valence-electron chi connectivity index (χ0n) is 7.07. The van der Waals surface area contributed by atoms with Gasteiger partial charge in [0.25, 0.3) is 0 Å². The minimum Gasteiger partial charge on any atom is -0.423 e. The first-order chi connectivity index (χ1) is 6.49. The third-order valence-electron chi connectivity index (χ3n) is 1.49. The van der Waals surface area contributed by atoms with E-state index in [1.54, 1.807) is 0 Å². The summed E-state index contributed by atoms with van der Waals surface area (Å²) < 4.78 is 12.9. The van der Waals surface area contributed by atoms with Crippen LogP contribution in [0.2, 0.25) is 0 Å². The van der Waals surface area contributed by atoms with E-state index >= 15 is 0 Å². The molecule has 0 saturated carbocycles. The van der Waals surface area contributed by atoms with Crippen LogP contribution in [0.1, 0.15) is 0 Å². The summed E-state index contributed by atoms with van der Waals surface area (Å²) in [5.41, 5.74) is 5.48. The Balaban J connectivity index is 3.01. The average Bonchev–Trinajstić information content (AvgIpc) is 2.01. The van der Waals surface area contributed by atoms with Gasteiger partial charge in [-0.05, 0) is 35.9 Å². The van der Waals surface area contributed by atoms with Gasteiger partial charge in [0.05, 0.1) is 0 Å². The predicted octanol–water partition coefficient (Wildman–Crippen LogP) is -0.839. The van der Waals surface area contributed by atoms with Gasteiger partial charge in [0.2, 0.25) is 0 Å². The van der Waals surface area contributed by atoms with Crippen LogP contribution < -0.4 is 16.5 Å². The first-order valence-electron chi connectivity index (χ1n) is 3.72. The Morgan fingerprint density at radius 1 is 1.43 bits per heavy atom. The number of rotatable bonds is 2. The van der Waals surface area contributed by atoms with Crippen molar-refractivity contribution in [2.75, 3.05) is 5.32 Å². The summed E-state index contributed by atoms with van der Waals surface area (Å²) in [6, 6.07) is 3.49. The Kier molecular flexibility index (Phi) is 3.40. The van der Waals surface area contributed by atoms with Crippen molar-refractivity contribution in [3.8, 4) is 0 Å². The second kappa shape index (κ2) is 4.36. The van der Waals surface area contributed by atoms with Crippen LogP contribution >= 0.6 is 12.2 Å². The highest BCUT2D eigenvalue weighted by atomic mass is 32.1. The molecule has 0 bridgehead atoms. The fraction of sp³-hybridized carbons (Fsp3) is 0. The number of anilines is 1. The Morgan fingerprint density at radius 3 is 2.57 bits per heavy atom. The molecule has 74 valence electrons. The van der Waals surface area contributed by atoms with Gasteiger partial charge < -0.3 is 21.1 Å². The van der Waals surface area contributed by atoms with Crippen LogP contribution in [0.3, 0.4) is 0 Å². The number of benzene rings is 1. The van der Waals surface area contributed by atoms with Gasteiger partial charge in [-0.3, -0.25) is 0 Å². The van der Waals surface area contributed by atoms with Crippen molar-refractivity contribution in [2.24, 2.45) is 5.73 Å². The lowest BCUT2D eigenvalue weighted by atomic mass is 9.80. The molecule has 5 N–H and O–H groups in total. The van der Waals surface area contributed by atoms with Gasteiger partial charge in [0.15, 0.2) is 5.11 Å². The molecule has 4 nitrogen and oxygen atoms in total. The molecule has 0 aliphatic heterocycles. The van der Waals surface area contributed by atoms with Crippen LogP contribution in [0.15, 0.2) is 18.2 Å². The number of nitrogens with two attached hydrogens (primary N) is 1. The summed E-state index contributed by atoms with van der Waals surface area (Å²) in [6.07, 6.45) is 0. The molecule has 0 aliphatic carbocycles. The topological polar surface area (TPSA) is 78.5 Å². The molecule has 0 heterocycles. The number of nitrogens with one attached hydrogen (secondary N) is 1. The molecule has 1 aromatic rings. The van der Waals surface area contributed by atoms with Crippen LogP contribution in [0.4, 0.5) is 10.1 Å². The SMILES string of the molecule is NC(=S)Nc1cc(F)cc(B(O)O)c1. The third-order valence-corrected chi connectivity index (χ3v) is 1.59. The highest BCUT2D eigenvalue weighted by molar-refractivity contribution is 7.80. The highest BCUT2D eigenvalue weighted by Gasteiger charge is 2.13. The van der Waals surface area contributed by atoms with Crippen molar-refractivity contribution in [1.29, 1.82) is 0 Å². The lowest BCUT2D eigenvalue weighted by Gasteiger charge is -2.06. The Labute approximate surface area is 85.7 Å². The molecule has 0 spiro atoms. The monoisotopic (exact) mass is 214 g/mol. The van der Waals surface area contributed by atoms with E-state index in [1.807, 2.05) is 0 Å². The lowest BCUT2D eigenvalue weighted by molar-refractivity contribution is 0.425. The third kappa shape index (κ3) is 2.95. The van der Waals surface area contributed by atoms with Crippen molar-refractivity contribution in [1.82, 2.24) is 0 Å². The summed E-state index contributed by atoms with van der Waals surface area (Å²) >= 11 is 4.55. The van der Waals surface area contributed by atoms with E-state index < -0.39 is 12.9 Å². The van der Waals surface area contributed by atoms with E-state index in [0.29, 0.717) is 0 Å². The molecule has 0 radical (unpaired) electrons. The predicted molar refractivity (Wildman–Crippen MR) is 56.6 cm³/mol. The van der Waals surface area contributed by atoms with Crippen molar-refractivity contribution in [3.63, 3.8) is 0 Å². The summed E-state index contributed by atoms with van der Waals surface area (Å²) in [4.78, 5) is 0. The van der Waals surface area contributed by atoms with E-state index in [9.17, 15) is 4.39 Å². The number of thiocarbonyl (C=S) groups is 1. The van der Waals surface area contributed by atoms with Gasteiger partial charge in [-0.1, -0.05) is 0 Å². The van der Waals surface area contributed by atoms with Crippen molar-refractivity contribution in [2.45, 2.75) is 0 Å². The quantitative estimate of drug-likeness (QED) is 0.381. The molecule has 1 rings (SSSR count). The molecular formula is C7H8BFN2O2S. The molecule has 0 saturated heterocycles. The van der Waals surface area contributed by atoms with Crippen LogP contribution in [0.5, 0.6) is 0 Å². The molecule has 0 amide bonds. The summed E-state index contributed by atoms with van der Waals surface area (Å²) in [7, 11) is -1.72. The fourth-order valence-corrected chi connectivity index (χ4v) is 1.09. The van der Waals surface area contributed by atoms with E-state index in [2.05, 4.69) is 17.5 Å². The smallest absolute Gasteiger partial charge is 0.423 e. The van der Waals surface area contributed by atoms with Gasteiger partial charge in [0.1, 0.15) is 5.82 Å². The van der Waals surface area contributed by atoms with Crippen molar-refractivity contribution < 1.29 is 14.4 Å². The molecule has 0 aliphatic rings. The first-order valence-corrected chi connectivity index (χ1v) is 4.13. The zero-order chi connectivity index (χ0) is 10.7. The summed E-state index contributed by atoms with van der Waals surface area (Å²) in [6.45, 7) is 0. The minimum absolute atomic E-state index is 0.0195. The number of halogens is 1. The van der Waals surface area contributed by atoms with Crippen molar-refractivity contribution in [3.05, 3.63) is 24.0 Å². The second-order valence-electron chi connectivity index (χ2n) is 2.64. The maximum atomic E-state index is 12.9. The highest BCUT2D eigenvalue weighted by Crippen LogP contribution is 2.07. The van der Waals surface area contributed by atoms with Crippen LogP contribution in [-0.2, 0) is 0 Å². The van der Waals surface area contributed by atoms with Crippen LogP contribution in [0.25, 0.3) is 0 Å². The van der Waals surface area contributed by atoms with Crippen LogP contribution in [-0.4, -0.2) is 22.3 Å². The van der Waals surface area contributed by atoms with Crippen LogP contribution in [0, 0.1) is 5.82 Å². The standard InChI is InChI=1S/C7H8BFN2O2S/c9-5-1-4(8(12)13)2-6(3-5)11-7(10)14/h1-3,12-13H,(H3,10,11,14). The summed E-state index contributed by atoms with van der Waals surface area (Å²) in [5, 5.41) is 20.1. The maximum absolute atomic E-state index is 12.9. The van der Waals surface area contributed by atoms with Gasteiger partial charge >= 0.3 is 7.12 Å². The first kappa shape index (κ1) is 10.9. The largest absolute Gasteiger partial charge is 0.488 e. The molecule has 0 unspecified atom stereocenters. The molecule has 0 fully saturated rings. The Morgan fingerprint density at radius 2 is 2.07 bits per heavy atom. The van der Waals surface area contributed by atoms with E-state index in [0.717, 1.165) is 12.1 Å². The zero-order valence-corrected chi connectivity index (χ0v) is 7.88. The lowest BCUT2D eigenvalue weighted by Crippen LogP contribution is -2.31. The number of hydrogen-bond acceptors (Lipinski definition) is 3.